The lowest BCUT2D eigenvalue weighted by molar-refractivity contribution is 0.0697. The quantitative estimate of drug-likeness (QED) is 0.227. The number of hydrogen-bond donors (Lipinski definition) is 1. The zero-order chi connectivity index (χ0) is 30.4. The average Bonchev–Trinajstić information content (AvgIpc) is 3.49. The van der Waals surface area contributed by atoms with Crippen LogP contribution in [-0.4, -0.2) is 48.6 Å². The van der Waals surface area contributed by atoms with Crippen molar-refractivity contribution in [3.8, 4) is 11.9 Å². The van der Waals surface area contributed by atoms with E-state index in [0.717, 1.165) is 59.1 Å². The number of likely N-dealkylation sites (tertiary alicyclic amines) is 1. The molecule has 3 aromatic heterocycles. The number of carboxylic acids is 1. The molecule has 44 heavy (non-hydrogen) atoms. The van der Waals surface area contributed by atoms with Crippen LogP contribution in [0.3, 0.4) is 0 Å². The lowest BCUT2D eigenvalue weighted by atomic mass is 9.91. The van der Waals surface area contributed by atoms with Gasteiger partial charge in [0.1, 0.15) is 18.2 Å². The summed E-state index contributed by atoms with van der Waals surface area (Å²) in [6, 6.07) is 17.2. The van der Waals surface area contributed by atoms with Gasteiger partial charge in [-0.05, 0) is 68.6 Å². The number of nitrogens with zero attached hydrogens (tertiary/aromatic N) is 6. The molecule has 5 aromatic rings. The number of nitriles is 1. The Hall–Kier alpha value is -4.66. The van der Waals surface area contributed by atoms with Crippen LogP contribution in [0.1, 0.15) is 56.4 Å². The Labute approximate surface area is 257 Å². The van der Waals surface area contributed by atoms with Crippen LogP contribution in [0.25, 0.3) is 11.0 Å². The maximum absolute atomic E-state index is 14.3. The highest BCUT2D eigenvalue weighted by Gasteiger charge is 2.58. The van der Waals surface area contributed by atoms with Gasteiger partial charge in [0.2, 0.25) is 5.88 Å². The van der Waals surface area contributed by atoms with E-state index in [2.05, 4.69) is 20.5 Å². The van der Waals surface area contributed by atoms with Gasteiger partial charge in [-0.1, -0.05) is 12.1 Å². The third-order valence-corrected chi connectivity index (χ3v) is 9.88. The highest BCUT2D eigenvalue weighted by atomic mass is 32.1. The summed E-state index contributed by atoms with van der Waals surface area (Å²) in [4.78, 5) is 29.4. The minimum absolute atomic E-state index is 0.00579. The molecule has 1 aliphatic carbocycles. The fourth-order valence-electron chi connectivity index (χ4n) is 6.35. The van der Waals surface area contributed by atoms with Gasteiger partial charge < -0.3 is 14.4 Å². The number of benzene rings is 2. The number of imidazole rings is 1. The van der Waals surface area contributed by atoms with Gasteiger partial charge in [0.15, 0.2) is 0 Å². The van der Waals surface area contributed by atoms with E-state index < -0.39 is 11.8 Å². The van der Waals surface area contributed by atoms with Crippen molar-refractivity contribution in [3.05, 3.63) is 105 Å². The van der Waals surface area contributed by atoms with E-state index in [1.54, 1.807) is 47.7 Å². The van der Waals surface area contributed by atoms with Crippen LogP contribution in [0, 0.1) is 30.0 Å². The molecule has 2 atom stereocenters. The van der Waals surface area contributed by atoms with Gasteiger partial charge in [0.05, 0.1) is 58.2 Å². The molecule has 1 saturated heterocycles. The number of pyridine rings is 1. The number of hydrogen-bond acceptors (Lipinski definition) is 8. The molecule has 1 N–H and O–H groups in total. The Morgan fingerprint density at radius 1 is 1.20 bits per heavy atom. The number of piperidine rings is 1. The number of thiazole rings is 1. The van der Waals surface area contributed by atoms with E-state index in [1.807, 2.05) is 24.6 Å². The summed E-state index contributed by atoms with van der Waals surface area (Å²) in [5, 5.41) is 18.6. The maximum atomic E-state index is 14.3. The molecule has 7 rings (SSSR count). The van der Waals surface area contributed by atoms with Crippen molar-refractivity contribution in [2.75, 3.05) is 13.1 Å². The first-order valence-electron chi connectivity index (χ1n) is 14.5. The predicted octanol–water partition coefficient (Wildman–Crippen LogP) is 5.70. The summed E-state index contributed by atoms with van der Waals surface area (Å²) in [5.41, 5.74) is 6.31. The van der Waals surface area contributed by atoms with Crippen molar-refractivity contribution in [2.45, 2.75) is 44.9 Å². The van der Waals surface area contributed by atoms with Crippen LogP contribution in [0.5, 0.6) is 5.88 Å². The van der Waals surface area contributed by atoms with E-state index in [1.165, 1.54) is 6.07 Å². The molecule has 0 radical (unpaired) electrons. The van der Waals surface area contributed by atoms with E-state index in [4.69, 9.17) is 20.0 Å². The van der Waals surface area contributed by atoms with Gasteiger partial charge in [0.25, 0.3) is 0 Å². The molecule has 0 bridgehead atoms. The molecule has 2 unspecified atom stereocenters. The van der Waals surface area contributed by atoms with Gasteiger partial charge >= 0.3 is 5.97 Å². The number of aromatic nitrogens is 4. The van der Waals surface area contributed by atoms with E-state index in [0.29, 0.717) is 30.5 Å². The van der Waals surface area contributed by atoms with Crippen molar-refractivity contribution < 1.29 is 19.0 Å². The molecule has 11 heteroatoms. The molecule has 0 spiro atoms. The number of carbonyl (C=O) groups is 1. The van der Waals surface area contributed by atoms with Crippen molar-refractivity contribution in [1.82, 2.24) is 24.4 Å². The van der Waals surface area contributed by atoms with Crippen LogP contribution in [0.15, 0.2) is 60.1 Å². The molecule has 0 amide bonds. The number of fused-ring (bicyclic) bond motifs is 2. The van der Waals surface area contributed by atoms with Crippen molar-refractivity contribution in [1.29, 1.82) is 5.26 Å². The van der Waals surface area contributed by atoms with Crippen LogP contribution in [0.2, 0.25) is 0 Å². The largest absolute Gasteiger partial charge is 0.478 e. The molecular weight excluding hydrogens is 579 g/mol. The van der Waals surface area contributed by atoms with Crippen LogP contribution < -0.4 is 4.74 Å². The first kappa shape index (κ1) is 28.1. The lowest BCUT2D eigenvalue weighted by Gasteiger charge is -2.31. The molecule has 1 saturated carbocycles. The number of rotatable bonds is 9. The van der Waals surface area contributed by atoms with Crippen molar-refractivity contribution in [2.24, 2.45) is 5.92 Å². The lowest BCUT2D eigenvalue weighted by Crippen LogP contribution is -2.37. The maximum Gasteiger partial charge on any atom is 0.335 e. The van der Waals surface area contributed by atoms with Gasteiger partial charge in [-0.3, -0.25) is 4.90 Å². The Morgan fingerprint density at radius 2 is 2.09 bits per heavy atom. The number of aromatic carboxylic acids is 1. The third-order valence-electron chi connectivity index (χ3n) is 8.96. The molecule has 2 fully saturated rings. The first-order chi connectivity index (χ1) is 21.3. The number of ether oxygens (including phenoxy) is 1. The summed E-state index contributed by atoms with van der Waals surface area (Å²) >= 11 is 1.59. The molecule has 9 nitrogen and oxygen atoms in total. The average molecular weight is 609 g/mol. The minimum atomic E-state index is -0.958. The Balaban J connectivity index is 1.06. The third kappa shape index (κ3) is 5.20. The molecule has 222 valence electrons. The summed E-state index contributed by atoms with van der Waals surface area (Å²) in [6.07, 6.45) is 2.00. The zero-order valence-corrected chi connectivity index (χ0v) is 24.9. The number of carboxylic acid groups (broad SMARTS) is 1. The van der Waals surface area contributed by atoms with Crippen molar-refractivity contribution >= 4 is 28.3 Å². The molecule has 4 heterocycles. The van der Waals surface area contributed by atoms with Crippen LogP contribution >= 0.6 is 11.3 Å². The zero-order valence-electron chi connectivity index (χ0n) is 24.0. The second-order valence-corrected chi connectivity index (χ2v) is 12.5. The highest BCUT2D eigenvalue weighted by molar-refractivity contribution is 7.09. The first-order valence-corrected chi connectivity index (χ1v) is 15.3. The standard InChI is InChI=1S/C33H29FN6O3S/c1-20-28(44-19-36-20)16-40-27-12-22(32(41)42)7-8-26(27)37-30(40)17-39-10-9-33(13-24(33)15-39)29-3-2-4-31(38-29)43-18-23-6-5-21(14-35)11-25(23)34/h2-8,11-12,19,24H,9-10,13,15-18H2,1H3,(H,41,42). The fraction of sp³-hybridized carbons (Fsp3) is 0.303. The second kappa shape index (κ2) is 11.1. The summed E-state index contributed by atoms with van der Waals surface area (Å²) in [5.74, 6) is 0.399. The smallest absolute Gasteiger partial charge is 0.335 e. The van der Waals surface area contributed by atoms with E-state index in [9.17, 15) is 14.3 Å². The molecule has 2 aromatic carbocycles. The van der Waals surface area contributed by atoms with Crippen LogP contribution in [0.4, 0.5) is 4.39 Å². The molecule has 1 aliphatic heterocycles. The van der Waals surface area contributed by atoms with Gasteiger partial charge in [-0.15, -0.1) is 11.3 Å². The summed E-state index contributed by atoms with van der Waals surface area (Å²) in [7, 11) is 0. The number of aryl methyl sites for hydroxylation is 1. The predicted molar refractivity (Wildman–Crippen MR) is 162 cm³/mol. The fourth-order valence-corrected chi connectivity index (χ4v) is 7.12. The monoisotopic (exact) mass is 608 g/mol. The normalized spacial score (nSPS) is 19.4. The second-order valence-electron chi connectivity index (χ2n) is 11.6. The Bertz CT molecular complexity index is 1950. The Kier molecular flexibility index (Phi) is 7.11. The number of halogens is 1. The summed E-state index contributed by atoms with van der Waals surface area (Å²) < 4.78 is 22.3. The SMILES string of the molecule is Cc1ncsc1Cn1c(CN2CCC3(c4cccc(OCc5ccc(C#N)cc5F)n4)CC3C2)nc2ccc(C(=O)O)cc21. The topological polar surface area (TPSA) is 117 Å². The molecular formula is C33H29FN6O3S. The van der Waals surface area contributed by atoms with Crippen molar-refractivity contribution in [3.63, 3.8) is 0 Å². The highest BCUT2D eigenvalue weighted by Crippen LogP contribution is 2.59. The van der Waals surface area contributed by atoms with Gasteiger partial charge in [-0.2, -0.15) is 5.26 Å². The van der Waals surface area contributed by atoms with Gasteiger partial charge in [-0.25, -0.2) is 24.1 Å². The summed E-state index contributed by atoms with van der Waals surface area (Å²) in [6.45, 7) is 5.07. The Morgan fingerprint density at radius 3 is 2.84 bits per heavy atom. The van der Waals surface area contributed by atoms with Crippen LogP contribution in [-0.2, 0) is 25.1 Å². The van der Waals surface area contributed by atoms with E-state index >= 15 is 0 Å². The van der Waals surface area contributed by atoms with E-state index in [-0.39, 0.29) is 23.1 Å². The van der Waals surface area contributed by atoms with Gasteiger partial charge in [0, 0.05) is 28.5 Å². The minimum Gasteiger partial charge on any atom is -0.478 e. The molecule has 2 aliphatic rings.